The maximum absolute atomic E-state index is 13.8. The highest BCUT2D eigenvalue weighted by Crippen LogP contribution is 2.35. The van der Waals surface area contributed by atoms with Crippen molar-refractivity contribution in [3.63, 3.8) is 0 Å². The molecule has 2 N–H and O–H groups in total. The molecular weight excluding hydrogens is 530 g/mol. The first kappa shape index (κ1) is 28.4. The zero-order valence-corrected chi connectivity index (χ0v) is 23.2. The molecule has 1 unspecified atom stereocenters. The number of rotatable bonds is 9. The lowest BCUT2D eigenvalue weighted by Crippen LogP contribution is -2.55. The maximum atomic E-state index is 13.8. The van der Waals surface area contributed by atoms with Gasteiger partial charge in [-0.3, -0.25) is 8.78 Å². The van der Waals surface area contributed by atoms with Crippen molar-refractivity contribution in [2.75, 3.05) is 77.0 Å². The van der Waals surface area contributed by atoms with Gasteiger partial charge in [0.25, 0.3) is 0 Å². The number of benzene rings is 1. The van der Waals surface area contributed by atoms with Crippen molar-refractivity contribution in [1.82, 2.24) is 25.2 Å². The van der Waals surface area contributed by atoms with Gasteiger partial charge in [0.2, 0.25) is 11.8 Å². The van der Waals surface area contributed by atoms with E-state index in [1.54, 1.807) is 37.6 Å². The quantitative estimate of drug-likeness (QED) is 0.400. The molecule has 0 aliphatic carbocycles. The Hall–Kier alpha value is -4.08. The van der Waals surface area contributed by atoms with E-state index in [1.165, 1.54) is 0 Å². The zero-order valence-electron chi connectivity index (χ0n) is 23.2. The van der Waals surface area contributed by atoms with Gasteiger partial charge in [-0.1, -0.05) is 0 Å². The second-order valence-corrected chi connectivity index (χ2v) is 10.4. The second-order valence-electron chi connectivity index (χ2n) is 10.4. The van der Waals surface area contributed by atoms with Crippen molar-refractivity contribution in [2.24, 2.45) is 5.41 Å². The maximum Gasteiger partial charge on any atom is 0.239 e. The lowest BCUT2D eigenvalue weighted by molar-refractivity contribution is -0.0159. The van der Waals surface area contributed by atoms with Gasteiger partial charge < -0.3 is 29.9 Å². The molecule has 2 saturated heterocycles. The number of hydrogen-bond acceptors (Lipinski definition) is 10. The Kier molecular flexibility index (Phi) is 8.75. The van der Waals surface area contributed by atoms with Gasteiger partial charge in [-0.25, -0.2) is 9.97 Å². The molecule has 216 valence electrons. The highest BCUT2D eigenvalue weighted by molar-refractivity contribution is 5.66. The summed E-state index contributed by atoms with van der Waals surface area (Å²) in [5.41, 5.74) is 1.17. The summed E-state index contributed by atoms with van der Waals surface area (Å²) in [6.45, 7) is 2.80. The summed E-state index contributed by atoms with van der Waals surface area (Å²) in [6.07, 6.45) is 1.37. The van der Waals surface area contributed by atoms with Crippen LogP contribution in [-0.2, 0) is 0 Å². The summed E-state index contributed by atoms with van der Waals surface area (Å²) in [6, 6.07) is 12.8. The number of pyridine rings is 1. The molecule has 1 aromatic carbocycles. The van der Waals surface area contributed by atoms with Crippen molar-refractivity contribution in [3.05, 3.63) is 48.2 Å². The highest BCUT2D eigenvalue weighted by atomic mass is 19.1. The predicted octanol–water partition coefficient (Wildman–Crippen LogP) is 3.58. The third-order valence-corrected chi connectivity index (χ3v) is 7.71. The number of nitrogens with zero attached hydrogens (tertiary/aromatic N) is 6. The molecule has 2 aromatic heterocycles. The van der Waals surface area contributed by atoms with Gasteiger partial charge in [-0.2, -0.15) is 10.2 Å². The van der Waals surface area contributed by atoms with E-state index in [1.807, 2.05) is 12.1 Å². The molecule has 0 amide bonds. The van der Waals surface area contributed by atoms with Crippen LogP contribution < -0.4 is 25.0 Å². The minimum absolute atomic E-state index is 0.181. The molecule has 0 saturated carbocycles. The van der Waals surface area contributed by atoms with Crippen LogP contribution in [0.15, 0.2) is 42.6 Å². The Balaban J connectivity index is 1.33. The molecule has 41 heavy (non-hydrogen) atoms. The van der Waals surface area contributed by atoms with E-state index in [0.717, 1.165) is 31.9 Å². The van der Waals surface area contributed by atoms with E-state index in [4.69, 9.17) is 9.47 Å². The predicted molar refractivity (Wildman–Crippen MR) is 152 cm³/mol. The number of methoxy groups -OCH3 is 1. The first-order valence-corrected chi connectivity index (χ1v) is 13.6. The third kappa shape index (κ3) is 6.16. The third-order valence-electron chi connectivity index (χ3n) is 7.71. The van der Waals surface area contributed by atoms with Crippen LogP contribution in [0.1, 0.15) is 12.0 Å². The standard InChI is InChI=1S/C29H34F2N8O2/c1-38-11-13-39(14-12-38)23-4-6-26(36-27(23)40-2)37-28-34-10-7-22(35-28)20-3-5-24(21(15-20)16-32)41-25-8-9-33-19-29(25,17-30)18-31/h3-7,10,15,25,33H,8-9,11-14,17-19H2,1-2H3,(H,34,35,36,37). The van der Waals surface area contributed by atoms with E-state index in [2.05, 4.69) is 48.5 Å². The minimum atomic E-state index is -1.27. The van der Waals surface area contributed by atoms with Crippen LogP contribution in [0, 0.1) is 16.7 Å². The lowest BCUT2D eigenvalue weighted by atomic mass is 9.80. The van der Waals surface area contributed by atoms with Gasteiger partial charge in [0.1, 0.15) is 42.8 Å². The number of piperazine rings is 1. The number of likely N-dealkylation sites (N-methyl/N-ethyl adjacent to an activating group) is 1. The fourth-order valence-corrected chi connectivity index (χ4v) is 5.14. The largest absolute Gasteiger partial charge is 0.488 e. The number of nitriles is 1. The van der Waals surface area contributed by atoms with Gasteiger partial charge in [0.05, 0.1) is 23.8 Å². The smallest absolute Gasteiger partial charge is 0.239 e. The molecule has 0 bridgehead atoms. The molecule has 0 spiro atoms. The zero-order chi connectivity index (χ0) is 28.8. The van der Waals surface area contributed by atoms with Crippen LogP contribution in [-0.4, -0.2) is 92.7 Å². The van der Waals surface area contributed by atoms with Crippen molar-refractivity contribution >= 4 is 17.5 Å². The molecule has 12 heteroatoms. The SMILES string of the molecule is COc1nc(Nc2nccc(-c3ccc(OC4CCNCC4(CF)CF)c(C#N)c3)n2)ccc1N1CCN(C)CC1. The number of anilines is 3. The van der Waals surface area contributed by atoms with Crippen molar-refractivity contribution in [3.8, 4) is 29.0 Å². The van der Waals surface area contributed by atoms with E-state index in [-0.39, 0.29) is 12.1 Å². The summed E-state index contributed by atoms with van der Waals surface area (Å²) < 4.78 is 39.3. The van der Waals surface area contributed by atoms with Gasteiger partial charge in [-0.05, 0) is 56.4 Å². The van der Waals surface area contributed by atoms with E-state index in [0.29, 0.717) is 47.6 Å². The van der Waals surface area contributed by atoms with Crippen LogP contribution in [0.2, 0.25) is 0 Å². The number of aromatic nitrogens is 3. The molecule has 2 aliphatic heterocycles. The normalized spacial score (nSPS) is 18.9. The minimum Gasteiger partial charge on any atom is -0.488 e. The van der Waals surface area contributed by atoms with Gasteiger partial charge in [0.15, 0.2) is 0 Å². The summed E-state index contributed by atoms with van der Waals surface area (Å²) >= 11 is 0. The molecule has 2 fully saturated rings. The first-order chi connectivity index (χ1) is 20.0. The molecule has 2 aliphatic rings. The highest BCUT2D eigenvalue weighted by Gasteiger charge is 2.43. The molecular formula is C29H34F2N8O2. The number of piperidine rings is 1. The van der Waals surface area contributed by atoms with Crippen molar-refractivity contribution in [2.45, 2.75) is 12.5 Å². The molecule has 5 rings (SSSR count). The topological polar surface area (TPSA) is 111 Å². The number of ether oxygens (including phenoxy) is 2. The van der Waals surface area contributed by atoms with Crippen LogP contribution >= 0.6 is 0 Å². The average Bonchev–Trinajstić information content (AvgIpc) is 3.02. The Morgan fingerprint density at radius 2 is 1.93 bits per heavy atom. The van der Waals surface area contributed by atoms with E-state index in [9.17, 15) is 14.0 Å². The van der Waals surface area contributed by atoms with Gasteiger partial charge >= 0.3 is 0 Å². The first-order valence-electron chi connectivity index (χ1n) is 13.6. The summed E-state index contributed by atoms with van der Waals surface area (Å²) in [5.74, 6) is 1.67. The van der Waals surface area contributed by atoms with Crippen molar-refractivity contribution < 1.29 is 18.3 Å². The fraction of sp³-hybridized carbons (Fsp3) is 0.448. The van der Waals surface area contributed by atoms with Gasteiger partial charge in [-0.15, -0.1) is 0 Å². The van der Waals surface area contributed by atoms with Crippen LogP contribution in [0.5, 0.6) is 11.6 Å². The van der Waals surface area contributed by atoms with Crippen molar-refractivity contribution in [1.29, 1.82) is 5.26 Å². The molecule has 4 heterocycles. The summed E-state index contributed by atoms with van der Waals surface area (Å²) in [5, 5.41) is 16.0. The Labute approximate surface area is 238 Å². The number of nitrogens with one attached hydrogen (secondary N) is 2. The average molecular weight is 565 g/mol. The lowest BCUT2D eigenvalue weighted by Gasteiger charge is -2.40. The van der Waals surface area contributed by atoms with Crippen LogP contribution in [0.3, 0.4) is 0 Å². The molecule has 10 nitrogen and oxygen atoms in total. The molecule has 1 atom stereocenters. The number of halogens is 2. The number of alkyl halides is 2. The number of hydrogen-bond donors (Lipinski definition) is 2. The van der Waals surface area contributed by atoms with E-state index < -0.39 is 24.9 Å². The summed E-state index contributed by atoms with van der Waals surface area (Å²) in [7, 11) is 3.71. The van der Waals surface area contributed by atoms with Crippen LogP contribution in [0.4, 0.5) is 26.2 Å². The Morgan fingerprint density at radius 3 is 2.66 bits per heavy atom. The van der Waals surface area contributed by atoms with E-state index >= 15 is 0 Å². The Bertz CT molecular complexity index is 1390. The molecule has 3 aromatic rings. The fourth-order valence-electron chi connectivity index (χ4n) is 5.14. The Morgan fingerprint density at radius 1 is 1.12 bits per heavy atom. The monoisotopic (exact) mass is 564 g/mol. The van der Waals surface area contributed by atoms with Gasteiger partial charge in [0, 0.05) is 44.5 Å². The molecule has 0 radical (unpaired) electrons. The summed E-state index contributed by atoms with van der Waals surface area (Å²) in [4.78, 5) is 18.1. The van der Waals surface area contributed by atoms with Crippen LogP contribution in [0.25, 0.3) is 11.3 Å². The second kappa shape index (κ2) is 12.6.